The van der Waals surface area contributed by atoms with E-state index in [0.29, 0.717) is 37.6 Å². The van der Waals surface area contributed by atoms with Crippen LogP contribution in [0.5, 0.6) is 0 Å². The predicted molar refractivity (Wildman–Crippen MR) is 98.7 cm³/mol. The Hall–Kier alpha value is -1.93. The minimum atomic E-state index is -0.458. The second-order valence-electron chi connectivity index (χ2n) is 6.80. The number of carbonyl (C=O) groups excluding carboxylic acids is 1. The van der Waals surface area contributed by atoms with E-state index in [2.05, 4.69) is 10.2 Å². The summed E-state index contributed by atoms with van der Waals surface area (Å²) in [4.78, 5) is 40.2. The Morgan fingerprint density at radius 2 is 2.00 bits per heavy atom. The molecule has 0 aliphatic carbocycles. The summed E-state index contributed by atoms with van der Waals surface area (Å²) in [5.74, 6) is -0.466. The van der Waals surface area contributed by atoms with Gasteiger partial charge in [-0.1, -0.05) is 0 Å². The van der Waals surface area contributed by atoms with Gasteiger partial charge in [-0.05, 0) is 19.8 Å². The fraction of sp³-hybridized carbons (Fsp3) is 0.722. The van der Waals surface area contributed by atoms with Crippen molar-refractivity contribution in [3.05, 3.63) is 20.4 Å². The molecule has 1 atom stereocenters. The first-order chi connectivity index (χ1) is 12.6. The molecular weight excluding hydrogens is 338 g/mol. The van der Waals surface area contributed by atoms with Gasteiger partial charge in [0.25, 0.3) is 10.9 Å². The van der Waals surface area contributed by atoms with Crippen LogP contribution in [-0.2, 0) is 14.3 Å². The monoisotopic (exact) mass is 365 g/mol. The topological polar surface area (TPSA) is 88.2 Å². The SMILES string of the molecule is CCOC(=O)[C@@H]1CCCN(c2c(NCCN3CCOCC3)c(=O)c2=O)C1. The highest BCUT2D eigenvalue weighted by Gasteiger charge is 2.32. The Bertz CT molecular complexity index is 691. The van der Waals surface area contributed by atoms with Crippen molar-refractivity contribution in [3.8, 4) is 0 Å². The van der Waals surface area contributed by atoms with Gasteiger partial charge in [0.05, 0.1) is 25.7 Å². The second kappa shape index (κ2) is 8.64. The summed E-state index contributed by atoms with van der Waals surface area (Å²) in [6.45, 7) is 7.88. The molecule has 0 bridgehead atoms. The first kappa shape index (κ1) is 18.8. The molecule has 0 spiro atoms. The highest BCUT2D eigenvalue weighted by Crippen LogP contribution is 2.26. The van der Waals surface area contributed by atoms with Crippen molar-refractivity contribution >= 4 is 17.3 Å². The number of esters is 1. The third-order valence-electron chi connectivity index (χ3n) is 5.08. The van der Waals surface area contributed by atoms with Gasteiger partial charge in [0.2, 0.25) is 0 Å². The number of nitrogens with zero attached hydrogens (tertiary/aromatic N) is 2. The molecule has 2 aliphatic heterocycles. The van der Waals surface area contributed by atoms with E-state index in [9.17, 15) is 14.4 Å². The molecule has 3 rings (SSSR count). The summed E-state index contributed by atoms with van der Waals surface area (Å²) in [5, 5.41) is 3.13. The van der Waals surface area contributed by atoms with E-state index in [0.717, 1.165) is 45.7 Å². The summed E-state index contributed by atoms with van der Waals surface area (Å²) in [5.41, 5.74) is -0.0811. The van der Waals surface area contributed by atoms with Gasteiger partial charge < -0.3 is 19.7 Å². The predicted octanol–water partition coefficient (Wildman–Crippen LogP) is -0.194. The number of nitrogens with one attached hydrogen (secondary N) is 1. The van der Waals surface area contributed by atoms with Crippen molar-refractivity contribution in [1.29, 1.82) is 0 Å². The number of carbonyl (C=O) groups is 1. The largest absolute Gasteiger partial charge is 0.466 e. The molecule has 0 radical (unpaired) electrons. The molecule has 8 heteroatoms. The van der Waals surface area contributed by atoms with Crippen LogP contribution in [0.2, 0.25) is 0 Å². The van der Waals surface area contributed by atoms with E-state index < -0.39 is 10.9 Å². The third kappa shape index (κ3) is 4.07. The van der Waals surface area contributed by atoms with Gasteiger partial charge in [-0.15, -0.1) is 0 Å². The molecule has 2 aliphatic rings. The third-order valence-corrected chi connectivity index (χ3v) is 5.08. The van der Waals surface area contributed by atoms with Crippen LogP contribution < -0.4 is 21.1 Å². The van der Waals surface area contributed by atoms with Crippen LogP contribution in [-0.4, -0.2) is 70.0 Å². The Balaban J connectivity index is 1.59. The van der Waals surface area contributed by atoms with Gasteiger partial charge >= 0.3 is 5.97 Å². The molecule has 0 amide bonds. The highest BCUT2D eigenvalue weighted by molar-refractivity contribution is 5.78. The number of hydrogen-bond acceptors (Lipinski definition) is 8. The van der Waals surface area contributed by atoms with Crippen molar-refractivity contribution in [3.63, 3.8) is 0 Å². The summed E-state index contributed by atoms with van der Waals surface area (Å²) >= 11 is 0. The normalized spacial score (nSPS) is 21.7. The molecule has 1 N–H and O–H groups in total. The van der Waals surface area contributed by atoms with E-state index in [1.165, 1.54) is 0 Å². The van der Waals surface area contributed by atoms with Crippen molar-refractivity contribution in [2.45, 2.75) is 19.8 Å². The van der Waals surface area contributed by atoms with Gasteiger partial charge in [-0.2, -0.15) is 0 Å². The summed E-state index contributed by atoms with van der Waals surface area (Å²) in [7, 11) is 0. The van der Waals surface area contributed by atoms with Gasteiger partial charge in [0.15, 0.2) is 0 Å². The average Bonchev–Trinajstić information content (AvgIpc) is 2.68. The highest BCUT2D eigenvalue weighted by atomic mass is 16.5. The molecule has 144 valence electrons. The number of ether oxygens (including phenoxy) is 2. The standard InChI is InChI=1S/C18H27N3O5/c1-2-26-18(24)13-4-3-6-21(12-13)15-14(16(22)17(15)23)19-5-7-20-8-10-25-11-9-20/h13,19H,2-12H2,1H3/t13-/m1/s1. The lowest BCUT2D eigenvalue weighted by atomic mass is 9.96. The van der Waals surface area contributed by atoms with Gasteiger partial charge in [-0.25, -0.2) is 0 Å². The Morgan fingerprint density at radius 3 is 2.73 bits per heavy atom. The molecule has 0 saturated carbocycles. The van der Waals surface area contributed by atoms with Crippen LogP contribution in [0.1, 0.15) is 19.8 Å². The van der Waals surface area contributed by atoms with E-state index in [1.54, 1.807) is 6.92 Å². The number of rotatable bonds is 7. The molecule has 2 saturated heterocycles. The van der Waals surface area contributed by atoms with Gasteiger partial charge in [0.1, 0.15) is 11.4 Å². The Labute approximate surface area is 152 Å². The lowest BCUT2D eigenvalue weighted by Gasteiger charge is -2.34. The molecular formula is C18H27N3O5. The van der Waals surface area contributed by atoms with Crippen LogP contribution in [0, 0.1) is 5.92 Å². The fourth-order valence-electron chi connectivity index (χ4n) is 3.64. The number of morpholine rings is 1. The Morgan fingerprint density at radius 1 is 1.23 bits per heavy atom. The fourth-order valence-corrected chi connectivity index (χ4v) is 3.64. The van der Waals surface area contributed by atoms with Crippen molar-refractivity contribution < 1.29 is 14.3 Å². The first-order valence-electron chi connectivity index (χ1n) is 9.40. The summed E-state index contributed by atoms with van der Waals surface area (Å²) in [6.07, 6.45) is 1.56. The van der Waals surface area contributed by atoms with Crippen LogP contribution in [0.25, 0.3) is 0 Å². The molecule has 0 aromatic heterocycles. The molecule has 8 nitrogen and oxygen atoms in total. The van der Waals surface area contributed by atoms with Crippen molar-refractivity contribution in [2.75, 3.05) is 69.3 Å². The van der Waals surface area contributed by atoms with Crippen LogP contribution in [0.15, 0.2) is 9.59 Å². The minimum absolute atomic E-state index is 0.224. The van der Waals surface area contributed by atoms with E-state index >= 15 is 0 Å². The van der Waals surface area contributed by atoms with Gasteiger partial charge in [0, 0.05) is 39.3 Å². The maximum atomic E-state index is 12.1. The van der Waals surface area contributed by atoms with E-state index in [-0.39, 0.29) is 11.9 Å². The molecule has 1 aromatic carbocycles. The van der Waals surface area contributed by atoms with Gasteiger partial charge in [-0.3, -0.25) is 19.3 Å². The first-order valence-corrected chi connectivity index (χ1v) is 9.40. The summed E-state index contributed by atoms with van der Waals surface area (Å²) < 4.78 is 10.4. The van der Waals surface area contributed by atoms with Crippen molar-refractivity contribution in [1.82, 2.24) is 4.90 Å². The van der Waals surface area contributed by atoms with E-state index in [4.69, 9.17) is 9.47 Å². The van der Waals surface area contributed by atoms with Crippen LogP contribution in [0.4, 0.5) is 11.4 Å². The minimum Gasteiger partial charge on any atom is -0.466 e. The van der Waals surface area contributed by atoms with Crippen LogP contribution >= 0.6 is 0 Å². The summed E-state index contributed by atoms with van der Waals surface area (Å²) in [6, 6.07) is 0. The zero-order valence-corrected chi connectivity index (χ0v) is 15.3. The number of anilines is 2. The number of piperidine rings is 1. The maximum Gasteiger partial charge on any atom is 0.310 e. The smallest absolute Gasteiger partial charge is 0.310 e. The zero-order valence-electron chi connectivity index (χ0n) is 15.3. The van der Waals surface area contributed by atoms with Crippen molar-refractivity contribution in [2.24, 2.45) is 5.92 Å². The molecule has 1 aromatic rings. The lowest BCUT2D eigenvalue weighted by Crippen LogP contribution is -2.48. The molecule has 26 heavy (non-hydrogen) atoms. The second-order valence-corrected chi connectivity index (χ2v) is 6.80. The van der Waals surface area contributed by atoms with E-state index in [1.807, 2.05) is 4.90 Å². The number of hydrogen-bond donors (Lipinski definition) is 1. The Kier molecular flexibility index (Phi) is 6.26. The quantitative estimate of drug-likeness (QED) is 0.525. The lowest BCUT2D eigenvalue weighted by molar-refractivity contribution is -0.148. The molecule has 2 fully saturated rings. The molecule has 0 unspecified atom stereocenters. The molecule has 2 heterocycles. The zero-order chi connectivity index (χ0) is 18.5. The maximum absolute atomic E-state index is 12.1. The average molecular weight is 365 g/mol. The van der Waals surface area contributed by atoms with Crippen LogP contribution in [0.3, 0.4) is 0 Å².